The second kappa shape index (κ2) is 12.2. The Morgan fingerprint density at radius 2 is 1.59 bits per heavy atom. The molecule has 1 heterocycles. The number of carbonyl (C=O) groups is 2. The molecule has 0 aliphatic carbocycles. The molecule has 5 nitrogen and oxygen atoms in total. The highest BCUT2D eigenvalue weighted by Gasteiger charge is 2.20. The molecule has 0 fully saturated rings. The van der Waals surface area contributed by atoms with Crippen LogP contribution in [0.1, 0.15) is 88.4 Å². The van der Waals surface area contributed by atoms with E-state index < -0.39 is 5.97 Å². The van der Waals surface area contributed by atoms with Crippen LogP contribution < -0.4 is 0 Å². The number of para-hydroxylation sites is 1. The van der Waals surface area contributed by atoms with E-state index in [1.165, 1.54) is 45.4 Å². The maximum Gasteiger partial charge on any atom is 0.331 e. The van der Waals surface area contributed by atoms with Crippen LogP contribution in [-0.4, -0.2) is 22.0 Å². The molecule has 0 saturated carbocycles. The number of unbranched alkanes of at least 4 members (excludes halogenated alkanes) is 8. The Kier molecular flexibility index (Phi) is 9.62. The van der Waals surface area contributed by atoms with Crippen LogP contribution in [0, 0.1) is 0 Å². The van der Waals surface area contributed by atoms with Crippen LogP contribution in [0.25, 0.3) is 10.9 Å². The molecule has 0 N–H and O–H groups in total. The zero-order chi connectivity index (χ0) is 21.1. The van der Waals surface area contributed by atoms with Gasteiger partial charge >= 0.3 is 5.97 Å². The Hall–Kier alpha value is -2.43. The highest BCUT2D eigenvalue weighted by molar-refractivity contribution is 6.47. The van der Waals surface area contributed by atoms with Crippen molar-refractivity contribution in [1.82, 2.24) is 4.57 Å². The van der Waals surface area contributed by atoms with Crippen molar-refractivity contribution in [2.24, 2.45) is 12.2 Å². The number of Topliss-reactive ketones (excluding diaryl/α,β-unsaturated/α-hetero) is 1. The Morgan fingerprint density at radius 1 is 0.966 bits per heavy atom. The number of oxime groups is 1. The van der Waals surface area contributed by atoms with Gasteiger partial charge in [0.05, 0.1) is 0 Å². The van der Waals surface area contributed by atoms with Gasteiger partial charge in [0, 0.05) is 36.6 Å². The number of benzene rings is 1. The zero-order valence-electron chi connectivity index (χ0n) is 18.1. The van der Waals surface area contributed by atoms with Gasteiger partial charge < -0.3 is 9.40 Å². The molecule has 1 aromatic heterocycles. The summed E-state index contributed by atoms with van der Waals surface area (Å²) in [5.41, 5.74) is 1.91. The summed E-state index contributed by atoms with van der Waals surface area (Å²) in [6.07, 6.45) is 13.2. The van der Waals surface area contributed by atoms with Gasteiger partial charge in [-0.25, -0.2) is 4.79 Å². The predicted molar refractivity (Wildman–Crippen MR) is 118 cm³/mol. The smallest absolute Gasteiger partial charge is 0.331 e. The third kappa shape index (κ3) is 7.15. The number of hydrogen-bond donors (Lipinski definition) is 0. The van der Waals surface area contributed by atoms with E-state index >= 15 is 0 Å². The summed E-state index contributed by atoms with van der Waals surface area (Å²) >= 11 is 0. The summed E-state index contributed by atoms with van der Waals surface area (Å²) in [7, 11) is 1.92. The molecule has 0 radical (unpaired) electrons. The second-order valence-electron chi connectivity index (χ2n) is 7.70. The van der Waals surface area contributed by atoms with Gasteiger partial charge in [0.1, 0.15) is 5.71 Å². The van der Waals surface area contributed by atoms with E-state index in [2.05, 4.69) is 12.1 Å². The summed E-state index contributed by atoms with van der Waals surface area (Å²) in [6.45, 7) is 3.52. The van der Waals surface area contributed by atoms with Crippen molar-refractivity contribution in [3.05, 3.63) is 36.0 Å². The average Bonchev–Trinajstić information content (AvgIpc) is 3.05. The van der Waals surface area contributed by atoms with Gasteiger partial charge in [-0.1, -0.05) is 81.6 Å². The van der Waals surface area contributed by atoms with Gasteiger partial charge in [-0.2, -0.15) is 0 Å². The zero-order valence-corrected chi connectivity index (χ0v) is 18.1. The van der Waals surface area contributed by atoms with Crippen molar-refractivity contribution >= 4 is 28.4 Å². The van der Waals surface area contributed by atoms with E-state index in [1.807, 2.05) is 42.1 Å². The highest BCUT2D eigenvalue weighted by Crippen LogP contribution is 2.22. The monoisotopic (exact) mass is 398 g/mol. The highest BCUT2D eigenvalue weighted by atomic mass is 16.7. The van der Waals surface area contributed by atoms with Crippen LogP contribution in [-0.2, 0) is 16.7 Å². The first-order valence-corrected chi connectivity index (χ1v) is 10.9. The van der Waals surface area contributed by atoms with Gasteiger partial charge in [-0.15, -0.1) is 0 Å². The molecule has 2 aromatic rings. The number of hydrogen-bond acceptors (Lipinski definition) is 4. The normalized spacial score (nSPS) is 11.8. The van der Waals surface area contributed by atoms with Crippen molar-refractivity contribution in [3.8, 4) is 0 Å². The third-order valence-corrected chi connectivity index (χ3v) is 5.21. The van der Waals surface area contributed by atoms with Crippen LogP contribution in [0.2, 0.25) is 0 Å². The summed E-state index contributed by atoms with van der Waals surface area (Å²) in [6, 6.07) is 7.79. The minimum atomic E-state index is -0.514. The molecule has 1 aromatic carbocycles. The van der Waals surface area contributed by atoms with Crippen LogP contribution >= 0.6 is 0 Å². The minimum Gasteiger partial charge on any atom is -0.350 e. The number of aryl methyl sites for hydroxylation is 1. The quantitative estimate of drug-likeness (QED) is 0.133. The summed E-state index contributed by atoms with van der Waals surface area (Å²) in [5, 5.41) is 4.78. The van der Waals surface area contributed by atoms with E-state index in [-0.39, 0.29) is 5.78 Å². The molecule has 0 atom stereocenters. The van der Waals surface area contributed by atoms with E-state index in [0.29, 0.717) is 17.7 Å². The Morgan fingerprint density at radius 3 is 2.24 bits per heavy atom. The number of nitrogens with zero attached hydrogens (tertiary/aromatic N) is 2. The van der Waals surface area contributed by atoms with Gasteiger partial charge in [-0.3, -0.25) is 4.79 Å². The Balaban J connectivity index is 1.95. The third-order valence-electron chi connectivity index (χ3n) is 5.21. The molecule has 0 aliphatic heterocycles. The van der Waals surface area contributed by atoms with Gasteiger partial charge in [-0.05, 0) is 18.9 Å². The van der Waals surface area contributed by atoms with Gasteiger partial charge in [0.2, 0.25) is 5.78 Å². The lowest BCUT2D eigenvalue weighted by Gasteiger charge is -2.05. The molecule has 2 rings (SSSR count). The first-order chi connectivity index (χ1) is 14.0. The maximum atomic E-state index is 13.1. The fraction of sp³-hybridized carbons (Fsp3) is 0.542. The van der Waals surface area contributed by atoms with E-state index in [4.69, 9.17) is 4.84 Å². The van der Waals surface area contributed by atoms with Crippen LogP contribution in [0.4, 0.5) is 0 Å². The van der Waals surface area contributed by atoms with Crippen LogP contribution in [0.15, 0.2) is 35.6 Å². The second-order valence-corrected chi connectivity index (χ2v) is 7.70. The lowest BCUT2D eigenvalue weighted by molar-refractivity contribution is -0.140. The molecule has 0 spiro atoms. The van der Waals surface area contributed by atoms with Gasteiger partial charge in [0.25, 0.3) is 0 Å². The summed E-state index contributed by atoms with van der Waals surface area (Å²) < 4.78 is 1.94. The van der Waals surface area contributed by atoms with Crippen molar-refractivity contribution < 1.29 is 14.4 Å². The Labute approximate surface area is 174 Å². The SMILES string of the molecule is CCCCCCCCCCC/C(=N\OC(C)=O)C(=O)c1cn(C)c2ccccc12. The molecule has 29 heavy (non-hydrogen) atoms. The van der Waals surface area contributed by atoms with Crippen LogP contribution in [0.5, 0.6) is 0 Å². The Bertz CT molecular complexity index is 836. The summed E-state index contributed by atoms with van der Waals surface area (Å²) in [5.74, 6) is -0.678. The number of rotatable bonds is 13. The van der Waals surface area contributed by atoms with Crippen molar-refractivity contribution in [1.29, 1.82) is 0 Å². The summed E-state index contributed by atoms with van der Waals surface area (Å²) in [4.78, 5) is 29.1. The molecule has 0 saturated heterocycles. The fourth-order valence-electron chi connectivity index (χ4n) is 3.60. The molecule has 0 bridgehead atoms. The molecule has 158 valence electrons. The molecule has 0 unspecified atom stereocenters. The van der Waals surface area contributed by atoms with Gasteiger partial charge in [0.15, 0.2) is 0 Å². The number of fused-ring (bicyclic) bond motifs is 1. The van der Waals surface area contributed by atoms with E-state index in [0.717, 1.165) is 30.2 Å². The molecule has 0 aliphatic rings. The molecular weight excluding hydrogens is 364 g/mol. The molecule has 0 amide bonds. The first kappa shape index (κ1) is 22.9. The molecular formula is C24H34N2O3. The largest absolute Gasteiger partial charge is 0.350 e. The lowest BCUT2D eigenvalue weighted by atomic mass is 10.0. The predicted octanol–water partition coefficient (Wildman–Crippen LogP) is 6.20. The van der Waals surface area contributed by atoms with Crippen molar-refractivity contribution in [2.75, 3.05) is 0 Å². The van der Waals surface area contributed by atoms with Crippen molar-refractivity contribution in [3.63, 3.8) is 0 Å². The van der Waals surface area contributed by atoms with E-state index in [1.54, 1.807) is 0 Å². The number of aromatic nitrogens is 1. The first-order valence-electron chi connectivity index (χ1n) is 10.9. The standard InChI is InChI=1S/C24H34N2O3/c1-4-5-6-7-8-9-10-11-12-16-22(25-29-19(2)27)24(28)21-18-26(3)23-17-14-13-15-20(21)23/h13-15,17-18H,4-12,16H2,1-3H3/b25-22+. The fourth-order valence-corrected chi connectivity index (χ4v) is 3.60. The van der Waals surface area contributed by atoms with Crippen molar-refractivity contribution in [2.45, 2.75) is 78.1 Å². The average molecular weight is 399 g/mol. The molecule has 5 heteroatoms. The van der Waals surface area contributed by atoms with Crippen LogP contribution in [0.3, 0.4) is 0 Å². The van der Waals surface area contributed by atoms with E-state index in [9.17, 15) is 9.59 Å². The number of carbonyl (C=O) groups excluding carboxylic acids is 2. The number of ketones is 1. The minimum absolute atomic E-state index is 0.164. The lowest BCUT2D eigenvalue weighted by Crippen LogP contribution is -2.15. The topological polar surface area (TPSA) is 60.7 Å². The maximum absolute atomic E-state index is 13.1.